The van der Waals surface area contributed by atoms with Crippen LogP contribution in [0.1, 0.15) is 44.4 Å². The molecule has 1 aliphatic rings. The molecule has 1 aromatic rings. The van der Waals surface area contributed by atoms with Crippen LogP contribution in [0.4, 0.5) is 0 Å². The van der Waals surface area contributed by atoms with E-state index in [-0.39, 0.29) is 6.04 Å². The summed E-state index contributed by atoms with van der Waals surface area (Å²) in [7, 11) is 0. The van der Waals surface area contributed by atoms with Crippen LogP contribution in [0.3, 0.4) is 0 Å². The average Bonchev–Trinajstić information content (AvgIpc) is 2.51. The Hall–Kier alpha value is -1.37. The first-order valence-corrected chi connectivity index (χ1v) is 8.16. The van der Waals surface area contributed by atoms with Crippen LogP contribution in [0.15, 0.2) is 24.3 Å². The molecule has 0 aromatic heterocycles. The van der Waals surface area contributed by atoms with E-state index in [2.05, 4.69) is 60.9 Å². The summed E-state index contributed by atoms with van der Waals surface area (Å²) in [5.41, 5.74) is 2.46. The third-order valence-electron chi connectivity index (χ3n) is 4.50. The predicted molar refractivity (Wildman–Crippen MR) is 87.1 cm³/mol. The van der Waals surface area contributed by atoms with E-state index < -0.39 is 0 Å². The molecule has 0 aliphatic carbocycles. The molecular formula is C18H27N3. The van der Waals surface area contributed by atoms with Gasteiger partial charge in [0.25, 0.3) is 0 Å². The molecule has 1 aromatic carbocycles. The number of hydrogen-bond acceptors (Lipinski definition) is 3. The molecule has 1 aliphatic heterocycles. The summed E-state index contributed by atoms with van der Waals surface area (Å²) in [6, 6.07) is 11.5. The van der Waals surface area contributed by atoms with Crippen LogP contribution in [-0.4, -0.2) is 42.0 Å². The van der Waals surface area contributed by atoms with Gasteiger partial charge in [-0.3, -0.25) is 9.80 Å². The van der Waals surface area contributed by atoms with E-state index in [1.165, 1.54) is 12.0 Å². The summed E-state index contributed by atoms with van der Waals surface area (Å²) in [6.07, 6.45) is 2.24. The third-order valence-corrected chi connectivity index (χ3v) is 4.50. The van der Waals surface area contributed by atoms with E-state index in [1.54, 1.807) is 0 Å². The number of hydrogen-bond donors (Lipinski definition) is 0. The maximum absolute atomic E-state index is 9.61. The van der Waals surface area contributed by atoms with Crippen LogP contribution in [-0.2, 0) is 6.42 Å². The lowest BCUT2D eigenvalue weighted by Gasteiger charge is -2.41. The molecule has 0 saturated carbocycles. The van der Waals surface area contributed by atoms with E-state index in [0.29, 0.717) is 6.04 Å². The van der Waals surface area contributed by atoms with Gasteiger partial charge < -0.3 is 0 Å². The largest absolute Gasteiger partial charge is 0.298 e. The van der Waals surface area contributed by atoms with Crippen LogP contribution in [0, 0.1) is 11.3 Å². The summed E-state index contributed by atoms with van der Waals surface area (Å²) >= 11 is 0. The topological polar surface area (TPSA) is 30.3 Å². The van der Waals surface area contributed by atoms with E-state index in [0.717, 1.165) is 38.2 Å². The van der Waals surface area contributed by atoms with Gasteiger partial charge in [-0.2, -0.15) is 5.26 Å². The molecule has 0 bridgehead atoms. The molecule has 0 spiro atoms. The first kappa shape index (κ1) is 16.0. The number of benzene rings is 1. The van der Waals surface area contributed by atoms with Gasteiger partial charge in [0.1, 0.15) is 6.04 Å². The minimum Gasteiger partial charge on any atom is -0.298 e. The maximum Gasteiger partial charge on any atom is 0.123 e. The Morgan fingerprint density at radius 2 is 1.95 bits per heavy atom. The summed E-state index contributed by atoms with van der Waals surface area (Å²) in [6.45, 7) is 10.9. The molecule has 1 saturated heterocycles. The van der Waals surface area contributed by atoms with Gasteiger partial charge in [-0.25, -0.2) is 0 Å². The zero-order chi connectivity index (χ0) is 15.2. The number of rotatable bonds is 5. The second-order valence-electron chi connectivity index (χ2n) is 6.01. The zero-order valence-electron chi connectivity index (χ0n) is 13.5. The average molecular weight is 285 g/mol. The normalized spacial score (nSPS) is 21.9. The smallest absolute Gasteiger partial charge is 0.123 e. The molecule has 2 rings (SSSR count). The van der Waals surface area contributed by atoms with Gasteiger partial charge in [-0.15, -0.1) is 0 Å². The lowest BCUT2D eigenvalue weighted by molar-refractivity contribution is 0.0690. The second-order valence-corrected chi connectivity index (χ2v) is 6.01. The van der Waals surface area contributed by atoms with Crippen LogP contribution in [0.25, 0.3) is 0 Å². The number of nitriles is 1. The Morgan fingerprint density at radius 3 is 2.48 bits per heavy atom. The Morgan fingerprint density at radius 1 is 1.24 bits per heavy atom. The fourth-order valence-corrected chi connectivity index (χ4v) is 3.18. The number of piperazine rings is 1. The predicted octanol–water partition coefficient (Wildman–Crippen LogP) is 3.23. The fourth-order valence-electron chi connectivity index (χ4n) is 3.18. The maximum atomic E-state index is 9.61. The van der Waals surface area contributed by atoms with Crippen LogP contribution >= 0.6 is 0 Å². The second kappa shape index (κ2) is 7.59. The summed E-state index contributed by atoms with van der Waals surface area (Å²) in [4.78, 5) is 4.86. The molecule has 0 radical (unpaired) electrons. The monoisotopic (exact) mass is 285 g/mol. The van der Waals surface area contributed by atoms with Gasteiger partial charge in [0.2, 0.25) is 0 Å². The van der Waals surface area contributed by atoms with Gasteiger partial charge >= 0.3 is 0 Å². The molecule has 21 heavy (non-hydrogen) atoms. The molecule has 2 unspecified atom stereocenters. The highest BCUT2D eigenvalue weighted by Crippen LogP contribution is 2.24. The first-order chi connectivity index (χ1) is 10.2. The van der Waals surface area contributed by atoms with Gasteiger partial charge in [-0.1, -0.05) is 38.1 Å². The molecule has 3 nitrogen and oxygen atoms in total. The minimum atomic E-state index is -0.109. The van der Waals surface area contributed by atoms with Crippen LogP contribution < -0.4 is 0 Å². The molecule has 0 amide bonds. The number of nitrogens with zero attached hydrogens (tertiary/aromatic N) is 3. The first-order valence-electron chi connectivity index (χ1n) is 8.16. The van der Waals surface area contributed by atoms with Crippen molar-refractivity contribution in [2.24, 2.45) is 0 Å². The SMILES string of the molecule is CCCN1CCN(C(C#N)c2ccc(CC)cc2)CC1C. The van der Waals surface area contributed by atoms with Gasteiger partial charge in [0.05, 0.1) is 6.07 Å². The van der Waals surface area contributed by atoms with Crippen LogP contribution in [0.2, 0.25) is 0 Å². The van der Waals surface area contributed by atoms with Gasteiger partial charge in [-0.05, 0) is 37.4 Å². The highest BCUT2D eigenvalue weighted by atomic mass is 15.3. The van der Waals surface area contributed by atoms with Crippen molar-refractivity contribution in [1.82, 2.24) is 9.80 Å². The molecule has 1 fully saturated rings. The van der Waals surface area contributed by atoms with Crippen molar-refractivity contribution in [3.05, 3.63) is 35.4 Å². The summed E-state index contributed by atoms with van der Waals surface area (Å²) in [5, 5.41) is 9.61. The molecule has 0 N–H and O–H groups in total. The van der Waals surface area contributed by atoms with Crippen molar-refractivity contribution in [2.45, 2.75) is 45.7 Å². The Balaban J connectivity index is 2.06. The van der Waals surface area contributed by atoms with E-state index in [4.69, 9.17) is 0 Å². The molecule has 114 valence electrons. The zero-order valence-corrected chi connectivity index (χ0v) is 13.5. The standard InChI is InChI=1S/C18H27N3/c1-4-10-20-11-12-21(14-15(20)3)18(13-19)17-8-6-16(5-2)7-9-17/h6-9,15,18H,4-5,10-12,14H2,1-3H3. The van der Waals surface area contributed by atoms with Crippen molar-refractivity contribution >= 4 is 0 Å². The van der Waals surface area contributed by atoms with Crippen molar-refractivity contribution in [3.63, 3.8) is 0 Å². The molecule has 1 heterocycles. The van der Waals surface area contributed by atoms with E-state index in [9.17, 15) is 5.26 Å². The van der Waals surface area contributed by atoms with Crippen molar-refractivity contribution in [1.29, 1.82) is 5.26 Å². The quantitative estimate of drug-likeness (QED) is 0.832. The minimum absolute atomic E-state index is 0.109. The van der Waals surface area contributed by atoms with E-state index in [1.807, 2.05) is 0 Å². The van der Waals surface area contributed by atoms with E-state index >= 15 is 0 Å². The van der Waals surface area contributed by atoms with Crippen LogP contribution in [0.5, 0.6) is 0 Å². The molecule has 3 heteroatoms. The van der Waals surface area contributed by atoms with Crippen molar-refractivity contribution in [3.8, 4) is 6.07 Å². The lowest BCUT2D eigenvalue weighted by atomic mass is 10.0. The Labute approximate surface area is 129 Å². The highest BCUT2D eigenvalue weighted by molar-refractivity contribution is 5.28. The van der Waals surface area contributed by atoms with Crippen molar-refractivity contribution in [2.75, 3.05) is 26.2 Å². The number of aryl methyl sites for hydroxylation is 1. The van der Waals surface area contributed by atoms with Gasteiger partial charge in [0, 0.05) is 25.7 Å². The summed E-state index contributed by atoms with van der Waals surface area (Å²) < 4.78 is 0. The lowest BCUT2D eigenvalue weighted by Crippen LogP contribution is -2.52. The summed E-state index contributed by atoms with van der Waals surface area (Å²) in [5.74, 6) is 0. The van der Waals surface area contributed by atoms with Gasteiger partial charge in [0.15, 0.2) is 0 Å². The molecule has 2 atom stereocenters. The highest BCUT2D eigenvalue weighted by Gasteiger charge is 2.28. The third kappa shape index (κ3) is 3.84. The molecular weight excluding hydrogens is 258 g/mol. The van der Waals surface area contributed by atoms with Crippen molar-refractivity contribution < 1.29 is 0 Å². The Kier molecular flexibility index (Phi) is 5.78. The Bertz CT molecular complexity index is 474. The fraction of sp³-hybridized carbons (Fsp3) is 0.611.